The minimum absolute atomic E-state index is 0. The zero-order valence-corrected chi connectivity index (χ0v) is 11.3. The minimum atomic E-state index is -0.331. The van der Waals surface area contributed by atoms with Crippen LogP contribution < -0.4 is 5.73 Å². The second-order valence-electron chi connectivity index (χ2n) is 1.80. The van der Waals surface area contributed by atoms with E-state index in [4.69, 9.17) is 5.73 Å². The molecule has 1 aromatic rings. The van der Waals surface area contributed by atoms with E-state index in [1.807, 2.05) is 18.4 Å². The summed E-state index contributed by atoms with van der Waals surface area (Å²) in [4.78, 5) is 11.2. The third kappa shape index (κ3) is 3.70. The number of amides is 1. The number of hydrogen-bond acceptors (Lipinski definition) is 2. The van der Waals surface area contributed by atoms with E-state index in [-0.39, 0.29) is 53.9 Å². The van der Waals surface area contributed by atoms with E-state index < -0.39 is 0 Å². The number of carbonyl (C=O) groups is 1. The Morgan fingerprint density at radius 2 is 2.09 bits per heavy atom. The highest BCUT2D eigenvalue weighted by Gasteiger charge is 2.03. The number of carbonyl (C=O) groups excluding carboxylic acids is 1. The molecule has 5 heteroatoms. The van der Waals surface area contributed by atoms with Crippen molar-refractivity contribution in [3.05, 3.63) is 21.9 Å². The predicted molar refractivity (Wildman–Crippen MR) is 68.4 cm³/mol. The molecule has 1 amide bonds. The zero-order chi connectivity index (χ0) is 6.85. The lowest BCUT2D eigenvalue weighted by Gasteiger charge is -1.87. The summed E-state index contributed by atoms with van der Waals surface area (Å²) in [5.41, 5.74) is 6.00. The van der Waals surface area contributed by atoms with Gasteiger partial charge in [-0.05, 0) is 23.9 Å². The van der Waals surface area contributed by atoms with E-state index in [1.165, 1.54) is 11.3 Å². The van der Waals surface area contributed by atoms with Gasteiger partial charge in [0.1, 0.15) is 0 Å². The lowest BCUT2D eigenvalue weighted by molar-refractivity contribution is 0.100. The maximum absolute atomic E-state index is 10.5. The number of rotatable bonds is 1. The summed E-state index contributed by atoms with van der Waals surface area (Å²) >= 11 is 1.38. The van der Waals surface area contributed by atoms with Gasteiger partial charge >= 0.3 is 0 Å². The lowest BCUT2D eigenvalue weighted by Crippen LogP contribution is -2.09. The summed E-state index contributed by atoms with van der Waals surface area (Å²) in [6.07, 6.45) is 0. The smallest absolute Gasteiger partial charge is 0.259 e. The van der Waals surface area contributed by atoms with Crippen LogP contribution in [0.3, 0.4) is 0 Å². The van der Waals surface area contributed by atoms with Gasteiger partial charge in [-0.25, -0.2) is 0 Å². The van der Waals surface area contributed by atoms with Crippen LogP contribution >= 0.6 is 59.3 Å². The van der Waals surface area contributed by atoms with Crippen molar-refractivity contribution >= 4 is 65.2 Å². The number of nitrogens with two attached hydrogens (primary N) is 1. The van der Waals surface area contributed by atoms with Crippen LogP contribution in [0.25, 0.3) is 0 Å². The first-order chi connectivity index (χ1) is 4.22. The second-order valence-corrected chi connectivity index (χ2v) is 2.71. The Kier molecular flexibility index (Phi) is 7.96. The molecule has 0 aromatic carbocycles. The van der Waals surface area contributed by atoms with E-state index in [0.29, 0.717) is 4.88 Å². The predicted octanol–water partition coefficient (Wildman–Crippen LogP) is 2.39. The van der Waals surface area contributed by atoms with Crippen molar-refractivity contribution in [1.82, 2.24) is 0 Å². The van der Waals surface area contributed by atoms with Gasteiger partial charge in [0.2, 0.25) is 0 Å². The Morgan fingerprint density at radius 3 is 2.27 bits per heavy atom. The maximum atomic E-state index is 10.5. The van der Waals surface area contributed by atoms with Crippen LogP contribution in [0, 0.1) is 6.92 Å². The summed E-state index contributed by atoms with van der Waals surface area (Å²) in [5.74, 6) is -0.331. The lowest BCUT2D eigenvalue weighted by atomic mass is 10.3. The highest BCUT2D eigenvalue weighted by Crippen LogP contribution is 2.13. The molecule has 0 unspecified atom stereocenters. The molecule has 0 radical (unpaired) electrons. The molecular formula is C6H9I2NOS. The van der Waals surface area contributed by atoms with Crippen molar-refractivity contribution in [2.75, 3.05) is 0 Å². The highest BCUT2D eigenvalue weighted by molar-refractivity contribution is 14.0. The van der Waals surface area contributed by atoms with Crippen LogP contribution in [0.4, 0.5) is 0 Å². The maximum Gasteiger partial charge on any atom is 0.259 e. The Labute approximate surface area is 104 Å². The monoisotopic (exact) mass is 397 g/mol. The van der Waals surface area contributed by atoms with Gasteiger partial charge in [-0.1, -0.05) is 0 Å². The van der Waals surface area contributed by atoms with Crippen LogP contribution in [0.1, 0.15) is 15.2 Å². The molecule has 0 aliphatic heterocycles. The summed E-state index contributed by atoms with van der Waals surface area (Å²) < 4.78 is 0. The Morgan fingerprint density at radius 1 is 1.55 bits per heavy atom. The van der Waals surface area contributed by atoms with E-state index >= 15 is 0 Å². The van der Waals surface area contributed by atoms with Gasteiger partial charge in [0, 0.05) is 0 Å². The Balaban J connectivity index is 0. The van der Waals surface area contributed by atoms with Crippen molar-refractivity contribution in [1.29, 1.82) is 0 Å². The minimum Gasteiger partial charge on any atom is -0.365 e. The summed E-state index contributed by atoms with van der Waals surface area (Å²) in [7, 11) is 0. The fourth-order valence-corrected chi connectivity index (χ4v) is 1.40. The first-order valence-corrected chi connectivity index (χ1v) is 3.43. The third-order valence-electron chi connectivity index (χ3n) is 1.09. The average Bonchev–Trinajstić information content (AvgIpc) is 2.13. The van der Waals surface area contributed by atoms with E-state index in [0.717, 1.165) is 5.56 Å². The number of thiophene rings is 1. The number of halogens is 2. The van der Waals surface area contributed by atoms with Gasteiger partial charge in [0.25, 0.3) is 5.91 Å². The van der Waals surface area contributed by atoms with Crippen LogP contribution in [0.2, 0.25) is 0 Å². The highest BCUT2D eigenvalue weighted by atomic mass is 127. The van der Waals surface area contributed by atoms with Crippen molar-refractivity contribution in [2.24, 2.45) is 5.73 Å². The SMILES string of the molecule is Cc1ccsc1C(N)=O.I.I. The van der Waals surface area contributed by atoms with Crippen LogP contribution in [-0.4, -0.2) is 5.91 Å². The van der Waals surface area contributed by atoms with Gasteiger partial charge in [-0.3, -0.25) is 4.79 Å². The average molecular weight is 397 g/mol. The van der Waals surface area contributed by atoms with Gasteiger partial charge in [-0.2, -0.15) is 0 Å². The van der Waals surface area contributed by atoms with Gasteiger partial charge in [0.05, 0.1) is 4.88 Å². The molecule has 0 bridgehead atoms. The fraction of sp³-hybridized carbons (Fsp3) is 0.167. The summed E-state index contributed by atoms with van der Waals surface area (Å²) in [6, 6.07) is 1.88. The van der Waals surface area contributed by atoms with E-state index in [9.17, 15) is 4.79 Å². The number of primary amides is 1. The largest absolute Gasteiger partial charge is 0.365 e. The first-order valence-electron chi connectivity index (χ1n) is 2.55. The molecule has 0 spiro atoms. The molecule has 0 aliphatic carbocycles. The molecule has 1 rings (SSSR count). The Hall–Kier alpha value is 0.630. The van der Waals surface area contributed by atoms with Crippen LogP contribution in [0.15, 0.2) is 11.4 Å². The Bertz CT molecular complexity index is 236. The molecule has 0 saturated carbocycles. The van der Waals surface area contributed by atoms with Gasteiger partial charge < -0.3 is 5.73 Å². The van der Waals surface area contributed by atoms with Gasteiger partial charge in [-0.15, -0.1) is 59.3 Å². The molecule has 0 fully saturated rings. The van der Waals surface area contributed by atoms with Crippen molar-refractivity contribution < 1.29 is 4.79 Å². The topological polar surface area (TPSA) is 43.1 Å². The van der Waals surface area contributed by atoms with Gasteiger partial charge in [0.15, 0.2) is 0 Å². The number of aryl methyl sites for hydroxylation is 1. The quantitative estimate of drug-likeness (QED) is 0.727. The summed E-state index contributed by atoms with van der Waals surface area (Å²) in [6.45, 7) is 1.87. The first kappa shape index (κ1) is 14.2. The number of hydrogen-bond donors (Lipinski definition) is 1. The molecule has 1 heterocycles. The van der Waals surface area contributed by atoms with E-state index in [2.05, 4.69) is 0 Å². The molecule has 2 nitrogen and oxygen atoms in total. The summed E-state index contributed by atoms with van der Waals surface area (Å²) in [5, 5.41) is 1.86. The van der Waals surface area contributed by atoms with Crippen molar-refractivity contribution in [2.45, 2.75) is 6.92 Å². The molecule has 0 atom stereocenters. The zero-order valence-electron chi connectivity index (χ0n) is 5.87. The van der Waals surface area contributed by atoms with Crippen LogP contribution in [-0.2, 0) is 0 Å². The molecule has 64 valence electrons. The third-order valence-corrected chi connectivity index (χ3v) is 2.12. The fourth-order valence-electron chi connectivity index (χ4n) is 0.625. The second kappa shape index (κ2) is 6.18. The van der Waals surface area contributed by atoms with Crippen LogP contribution in [0.5, 0.6) is 0 Å². The molecule has 2 N–H and O–H groups in total. The standard InChI is InChI=1S/C6H7NOS.2HI/c1-4-2-3-9-5(4)6(7)8;;/h2-3H,1H3,(H2,7,8);2*1H. The molecule has 0 saturated heterocycles. The van der Waals surface area contributed by atoms with Crippen molar-refractivity contribution in [3.63, 3.8) is 0 Å². The van der Waals surface area contributed by atoms with Crippen molar-refractivity contribution in [3.8, 4) is 0 Å². The van der Waals surface area contributed by atoms with E-state index in [1.54, 1.807) is 0 Å². The molecule has 11 heavy (non-hydrogen) atoms. The normalized spacial score (nSPS) is 7.73. The molecular weight excluding hydrogens is 388 g/mol. The molecule has 1 aromatic heterocycles. The molecule has 0 aliphatic rings.